The second kappa shape index (κ2) is 10.8. The molecule has 7 nitrogen and oxygen atoms in total. The van der Waals surface area contributed by atoms with E-state index < -0.39 is 0 Å². The van der Waals surface area contributed by atoms with Gasteiger partial charge in [0.15, 0.2) is 0 Å². The summed E-state index contributed by atoms with van der Waals surface area (Å²) >= 11 is 0. The second-order valence-electron chi connectivity index (χ2n) is 7.76. The maximum absolute atomic E-state index is 12.3. The third-order valence-electron chi connectivity index (χ3n) is 5.26. The minimum atomic E-state index is -0.0985. The third kappa shape index (κ3) is 6.42. The first-order chi connectivity index (χ1) is 14.1. The average Bonchev–Trinajstić information content (AvgIpc) is 2.76. The predicted molar refractivity (Wildman–Crippen MR) is 116 cm³/mol. The van der Waals surface area contributed by atoms with Crippen LogP contribution in [0, 0.1) is 5.92 Å². The maximum Gasteiger partial charge on any atom is 0.315 e. The Morgan fingerprint density at radius 3 is 2.38 bits per heavy atom. The molecule has 7 heteroatoms. The van der Waals surface area contributed by atoms with Crippen LogP contribution in [0.4, 0.5) is 10.7 Å². The number of hydrogen-bond acceptors (Lipinski definition) is 5. The molecule has 3 rings (SSSR count). The monoisotopic (exact) mass is 396 g/mol. The molecular weight excluding hydrogens is 364 g/mol. The van der Waals surface area contributed by atoms with Crippen molar-refractivity contribution in [3.05, 3.63) is 54.4 Å². The first kappa shape index (κ1) is 21.0. The van der Waals surface area contributed by atoms with Crippen molar-refractivity contribution >= 4 is 12.0 Å². The van der Waals surface area contributed by atoms with Gasteiger partial charge in [-0.05, 0) is 30.5 Å². The van der Waals surface area contributed by atoms with Gasteiger partial charge in [0.1, 0.15) is 0 Å². The van der Waals surface area contributed by atoms with Crippen LogP contribution in [0.3, 0.4) is 0 Å². The van der Waals surface area contributed by atoms with E-state index in [4.69, 9.17) is 0 Å². The van der Waals surface area contributed by atoms with Crippen molar-refractivity contribution in [3.8, 4) is 0 Å². The molecule has 29 heavy (non-hydrogen) atoms. The summed E-state index contributed by atoms with van der Waals surface area (Å²) in [5, 5.41) is 6.12. The molecule has 2 aromatic rings. The topological polar surface area (TPSA) is 73.4 Å². The summed E-state index contributed by atoms with van der Waals surface area (Å²) in [5.74, 6) is 1.14. The number of benzene rings is 1. The number of anilines is 1. The van der Waals surface area contributed by atoms with E-state index in [2.05, 4.69) is 56.4 Å². The highest BCUT2D eigenvalue weighted by atomic mass is 16.2. The molecule has 0 aliphatic carbocycles. The van der Waals surface area contributed by atoms with Crippen LogP contribution in [0.1, 0.15) is 31.9 Å². The fraction of sp³-hybridized carbons (Fsp3) is 0.500. The van der Waals surface area contributed by atoms with Crippen LogP contribution in [0.25, 0.3) is 0 Å². The van der Waals surface area contributed by atoms with Crippen LogP contribution < -0.4 is 15.5 Å². The number of hydrogen-bond donors (Lipinski definition) is 2. The van der Waals surface area contributed by atoms with Crippen LogP contribution in [0.5, 0.6) is 0 Å². The lowest BCUT2D eigenvalue weighted by molar-refractivity contribution is 0.229. The van der Waals surface area contributed by atoms with Gasteiger partial charge in [-0.3, -0.25) is 4.90 Å². The summed E-state index contributed by atoms with van der Waals surface area (Å²) < 4.78 is 0. The Kier molecular flexibility index (Phi) is 7.81. The van der Waals surface area contributed by atoms with Crippen LogP contribution in [-0.2, 0) is 0 Å². The number of nitrogens with one attached hydrogen (secondary N) is 2. The number of piperazine rings is 1. The van der Waals surface area contributed by atoms with Gasteiger partial charge < -0.3 is 15.5 Å². The van der Waals surface area contributed by atoms with Gasteiger partial charge >= 0.3 is 6.03 Å². The zero-order valence-corrected chi connectivity index (χ0v) is 17.4. The highest BCUT2D eigenvalue weighted by molar-refractivity contribution is 5.74. The molecule has 2 heterocycles. The van der Waals surface area contributed by atoms with Crippen molar-refractivity contribution in [1.82, 2.24) is 25.5 Å². The Morgan fingerprint density at radius 1 is 1.03 bits per heavy atom. The number of carbonyl (C=O) groups is 1. The lowest BCUT2D eigenvalue weighted by atomic mass is 9.96. The van der Waals surface area contributed by atoms with E-state index >= 15 is 0 Å². The predicted octanol–water partition coefficient (Wildman–Crippen LogP) is 2.69. The summed E-state index contributed by atoms with van der Waals surface area (Å²) in [6, 6.07) is 11.9. The van der Waals surface area contributed by atoms with Crippen LogP contribution >= 0.6 is 0 Å². The van der Waals surface area contributed by atoms with Gasteiger partial charge in [-0.2, -0.15) is 0 Å². The van der Waals surface area contributed by atoms with E-state index in [1.54, 1.807) is 12.4 Å². The number of nitrogens with zero attached hydrogens (tertiary/aromatic N) is 4. The van der Waals surface area contributed by atoms with E-state index in [0.29, 0.717) is 12.5 Å². The molecule has 156 valence electrons. The van der Waals surface area contributed by atoms with E-state index in [1.807, 2.05) is 24.3 Å². The summed E-state index contributed by atoms with van der Waals surface area (Å²) in [6.45, 7) is 9.76. The fourth-order valence-electron chi connectivity index (χ4n) is 3.62. The quantitative estimate of drug-likeness (QED) is 0.671. The highest BCUT2D eigenvalue weighted by Gasteiger charge is 2.19. The van der Waals surface area contributed by atoms with Crippen molar-refractivity contribution in [2.24, 2.45) is 5.92 Å². The molecule has 0 saturated carbocycles. The third-order valence-corrected chi connectivity index (χ3v) is 5.26. The van der Waals surface area contributed by atoms with Gasteiger partial charge in [0.2, 0.25) is 5.95 Å². The molecule has 0 bridgehead atoms. The maximum atomic E-state index is 12.3. The number of aromatic nitrogens is 2. The van der Waals surface area contributed by atoms with E-state index in [-0.39, 0.29) is 12.1 Å². The molecule has 1 aromatic carbocycles. The lowest BCUT2D eigenvalue weighted by Crippen LogP contribution is -2.47. The standard InChI is InChI=1S/C22H32N6O/c1-18(2)20(19-8-4-3-5-9-19)26-22(29)25-12-7-13-27-14-16-28(17-15-27)21-23-10-6-11-24-21/h3-6,8-11,18,20H,7,12-17H2,1-2H3,(H2,25,26,29). The lowest BCUT2D eigenvalue weighted by Gasteiger charge is -2.34. The molecule has 1 aliphatic heterocycles. The van der Waals surface area contributed by atoms with Crippen molar-refractivity contribution in [1.29, 1.82) is 0 Å². The van der Waals surface area contributed by atoms with Crippen molar-refractivity contribution in [2.75, 3.05) is 44.2 Å². The van der Waals surface area contributed by atoms with Crippen LogP contribution in [0.15, 0.2) is 48.8 Å². The molecule has 1 aliphatic rings. The first-order valence-electron chi connectivity index (χ1n) is 10.5. The normalized spacial score (nSPS) is 15.9. The van der Waals surface area contributed by atoms with E-state index in [1.165, 1.54) is 0 Å². The number of urea groups is 1. The van der Waals surface area contributed by atoms with Gasteiger partial charge in [-0.1, -0.05) is 44.2 Å². The minimum Gasteiger partial charge on any atom is -0.338 e. The van der Waals surface area contributed by atoms with E-state index in [9.17, 15) is 4.79 Å². The molecule has 1 unspecified atom stereocenters. The van der Waals surface area contributed by atoms with Crippen molar-refractivity contribution in [2.45, 2.75) is 26.3 Å². The number of amides is 2. The summed E-state index contributed by atoms with van der Waals surface area (Å²) in [7, 11) is 0. The van der Waals surface area contributed by atoms with Crippen molar-refractivity contribution in [3.63, 3.8) is 0 Å². The molecule has 2 N–H and O–H groups in total. The Balaban J connectivity index is 1.34. The average molecular weight is 397 g/mol. The molecule has 2 amide bonds. The largest absolute Gasteiger partial charge is 0.338 e. The summed E-state index contributed by atoms with van der Waals surface area (Å²) in [5.41, 5.74) is 1.14. The molecule has 0 radical (unpaired) electrons. The molecule has 0 spiro atoms. The Bertz CT molecular complexity index is 731. The number of rotatable bonds is 8. The Morgan fingerprint density at radius 2 is 1.72 bits per heavy atom. The molecule has 1 saturated heterocycles. The van der Waals surface area contributed by atoms with Gasteiger partial charge in [-0.15, -0.1) is 0 Å². The van der Waals surface area contributed by atoms with E-state index in [0.717, 1.165) is 50.7 Å². The SMILES string of the molecule is CC(C)C(NC(=O)NCCCN1CCN(c2ncccn2)CC1)c1ccccc1. The summed E-state index contributed by atoms with van der Waals surface area (Å²) in [4.78, 5) is 25.6. The Labute approximate surface area is 173 Å². The highest BCUT2D eigenvalue weighted by Crippen LogP contribution is 2.21. The van der Waals surface area contributed by atoms with Gasteiger partial charge in [0.05, 0.1) is 6.04 Å². The van der Waals surface area contributed by atoms with Crippen LogP contribution in [-0.4, -0.2) is 60.2 Å². The minimum absolute atomic E-state index is 0.0180. The van der Waals surface area contributed by atoms with Gasteiger partial charge in [-0.25, -0.2) is 14.8 Å². The molecule has 1 aromatic heterocycles. The molecule has 1 atom stereocenters. The summed E-state index contributed by atoms with van der Waals surface area (Å²) in [6.07, 6.45) is 4.51. The first-order valence-corrected chi connectivity index (χ1v) is 10.5. The van der Waals surface area contributed by atoms with Gasteiger partial charge in [0.25, 0.3) is 0 Å². The Hall–Kier alpha value is -2.67. The zero-order chi connectivity index (χ0) is 20.5. The number of carbonyl (C=O) groups excluding carboxylic acids is 1. The molecule has 1 fully saturated rings. The van der Waals surface area contributed by atoms with Crippen molar-refractivity contribution < 1.29 is 4.79 Å². The van der Waals surface area contributed by atoms with Crippen LogP contribution in [0.2, 0.25) is 0 Å². The fourth-order valence-corrected chi connectivity index (χ4v) is 3.62. The zero-order valence-electron chi connectivity index (χ0n) is 17.4. The smallest absolute Gasteiger partial charge is 0.315 e. The molecular formula is C22H32N6O. The second-order valence-corrected chi connectivity index (χ2v) is 7.76. The van der Waals surface area contributed by atoms with Gasteiger partial charge in [0, 0.05) is 45.1 Å².